The topological polar surface area (TPSA) is 122 Å². The average Bonchev–Trinajstić information content (AvgIpc) is 2.45. The fourth-order valence-corrected chi connectivity index (χ4v) is 1.57. The van der Waals surface area contributed by atoms with E-state index >= 15 is 0 Å². The lowest BCUT2D eigenvalue weighted by atomic mass is 10.1. The van der Waals surface area contributed by atoms with Gasteiger partial charge in [0.05, 0.1) is 0 Å². The van der Waals surface area contributed by atoms with Crippen molar-refractivity contribution in [1.29, 1.82) is 0 Å². The van der Waals surface area contributed by atoms with Gasteiger partial charge < -0.3 is 21.5 Å². The summed E-state index contributed by atoms with van der Waals surface area (Å²) >= 11 is 0. The largest absolute Gasteiger partial charge is 0.480 e. The molecule has 0 aliphatic heterocycles. The summed E-state index contributed by atoms with van der Waals surface area (Å²) in [5.41, 5.74) is 6.34. The molecule has 1 rings (SSSR count). The molecule has 1 atom stereocenters. The van der Waals surface area contributed by atoms with E-state index in [2.05, 4.69) is 10.6 Å². The minimum atomic E-state index is -1.11. The third-order valence-corrected chi connectivity index (χ3v) is 2.77. The quantitative estimate of drug-likeness (QED) is 0.580. The molecule has 0 saturated carbocycles. The van der Waals surface area contributed by atoms with Gasteiger partial charge in [0, 0.05) is 17.7 Å². The van der Waals surface area contributed by atoms with Crippen LogP contribution in [0.3, 0.4) is 0 Å². The van der Waals surface area contributed by atoms with Crippen LogP contribution in [0.4, 0.5) is 5.69 Å². The van der Waals surface area contributed by atoms with Crippen LogP contribution in [0.5, 0.6) is 0 Å². The van der Waals surface area contributed by atoms with Gasteiger partial charge in [0.1, 0.15) is 6.54 Å². The maximum Gasteiger partial charge on any atom is 0.322 e. The predicted octanol–water partition coefficient (Wildman–Crippen LogP) is 0.424. The van der Waals surface area contributed by atoms with E-state index in [0.717, 1.165) is 0 Å². The smallest absolute Gasteiger partial charge is 0.322 e. The van der Waals surface area contributed by atoms with E-state index in [1.54, 1.807) is 12.1 Å². The number of hydrogen-bond acceptors (Lipinski definition) is 4. The normalized spacial score (nSPS) is 11.5. The molecule has 5 N–H and O–H groups in total. The Balaban J connectivity index is 2.55. The molecule has 0 bridgehead atoms. The first-order valence-electron chi connectivity index (χ1n) is 6.52. The second-order valence-electron chi connectivity index (χ2n) is 4.75. The molecule has 7 nitrogen and oxygen atoms in total. The van der Waals surface area contributed by atoms with Crippen LogP contribution in [0.2, 0.25) is 0 Å². The maximum atomic E-state index is 11.7. The zero-order valence-electron chi connectivity index (χ0n) is 11.8. The van der Waals surface area contributed by atoms with Crippen molar-refractivity contribution in [2.45, 2.75) is 13.3 Å². The van der Waals surface area contributed by atoms with E-state index in [1.807, 2.05) is 6.92 Å². The molecule has 2 amide bonds. The Hall–Kier alpha value is -2.41. The summed E-state index contributed by atoms with van der Waals surface area (Å²) in [6, 6.07) is 6.19. The molecule has 0 fully saturated rings. The number of anilines is 1. The molecule has 0 aliphatic carbocycles. The summed E-state index contributed by atoms with van der Waals surface area (Å²) in [6.45, 7) is 1.89. The molecule has 0 radical (unpaired) electrons. The number of carbonyl (C=O) groups excluding carboxylic acids is 2. The molecule has 0 saturated heterocycles. The number of nitrogens with one attached hydrogen (secondary N) is 2. The van der Waals surface area contributed by atoms with Gasteiger partial charge in [0.25, 0.3) is 5.91 Å². The van der Waals surface area contributed by atoms with Crippen LogP contribution in [0.1, 0.15) is 23.7 Å². The number of benzene rings is 1. The van der Waals surface area contributed by atoms with Crippen LogP contribution in [0.25, 0.3) is 0 Å². The zero-order valence-corrected chi connectivity index (χ0v) is 11.8. The van der Waals surface area contributed by atoms with Crippen molar-refractivity contribution in [2.75, 3.05) is 18.4 Å². The van der Waals surface area contributed by atoms with Gasteiger partial charge >= 0.3 is 5.97 Å². The number of amides is 2. The minimum Gasteiger partial charge on any atom is -0.480 e. The van der Waals surface area contributed by atoms with Crippen molar-refractivity contribution in [2.24, 2.45) is 11.7 Å². The average molecular weight is 293 g/mol. The van der Waals surface area contributed by atoms with Crippen LogP contribution in [0.15, 0.2) is 24.3 Å². The summed E-state index contributed by atoms with van der Waals surface area (Å²) < 4.78 is 0. The Morgan fingerprint density at radius 2 is 1.86 bits per heavy atom. The monoisotopic (exact) mass is 293 g/mol. The van der Waals surface area contributed by atoms with Gasteiger partial charge in [-0.15, -0.1) is 0 Å². The Morgan fingerprint density at radius 1 is 1.24 bits per heavy atom. The van der Waals surface area contributed by atoms with Crippen molar-refractivity contribution in [1.82, 2.24) is 5.32 Å². The lowest BCUT2D eigenvalue weighted by molar-refractivity contribution is -0.135. The second kappa shape index (κ2) is 8.01. The predicted molar refractivity (Wildman–Crippen MR) is 77.9 cm³/mol. The fraction of sp³-hybridized carbons (Fsp3) is 0.357. The standard InChI is InChI=1S/C14H19N3O4/c1-9(7-15)6-12(18)17-11-4-2-10(3-5-11)14(21)16-8-13(19)20/h2-5,9H,6-8,15H2,1H3,(H,16,21)(H,17,18)(H,19,20). The molecule has 1 aromatic rings. The number of carbonyl (C=O) groups is 3. The zero-order chi connectivity index (χ0) is 15.8. The van der Waals surface area contributed by atoms with Gasteiger partial charge in [0.2, 0.25) is 5.91 Å². The van der Waals surface area contributed by atoms with Crippen LogP contribution in [-0.2, 0) is 9.59 Å². The Bertz CT molecular complexity index is 513. The molecule has 1 aromatic carbocycles. The van der Waals surface area contributed by atoms with Gasteiger partial charge in [0.15, 0.2) is 0 Å². The van der Waals surface area contributed by atoms with Crippen molar-refractivity contribution in [3.05, 3.63) is 29.8 Å². The summed E-state index contributed by atoms with van der Waals surface area (Å²) in [5, 5.41) is 13.4. The Morgan fingerprint density at radius 3 is 2.38 bits per heavy atom. The van der Waals surface area contributed by atoms with Gasteiger partial charge in [-0.05, 0) is 36.7 Å². The number of nitrogens with two attached hydrogens (primary N) is 1. The number of rotatable bonds is 7. The van der Waals surface area contributed by atoms with Gasteiger partial charge in [-0.3, -0.25) is 14.4 Å². The highest BCUT2D eigenvalue weighted by atomic mass is 16.4. The third-order valence-electron chi connectivity index (χ3n) is 2.77. The molecular formula is C14H19N3O4. The fourth-order valence-electron chi connectivity index (χ4n) is 1.57. The number of carboxylic acids is 1. The van der Waals surface area contributed by atoms with Crippen molar-refractivity contribution in [3.63, 3.8) is 0 Å². The van der Waals surface area contributed by atoms with E-state index in [4.69, 9.17) is 10.8 Å². The molecule has 0 aliphatic rings. The van der Waals surface area contributed by atoms with Crippen molar-refractivity contribution in [3.8, 4) is 0 Å². The Labute approximate surface area is 122 Å². The molecule has 1 unspecified atom stereocenters. The van der Waals surface area contributed by atoms with E-state index in [9.17, 15) is 14.4 Å². The van der Waals surface area contributed by atoms with Crippen LogP contribution < -0.4 is 16.4 Å². The number of hydrogen-bond donors (Lipinski definition) is 4. The maximum absolute atomic E-state index is 11.7. The van der Waals surface area contributed by atoms with Crippen LogP contribution >= 0.6 is 0 Å². The highest BCUT2D eigenvalue weighted by Gasteiger charge is 2.09. The molecule has 0 spiro atoms. The summed E-state index contributed by atoms with van der Waals surface area (Å²) in [4.78, 5) is 33.6. The SMILES string of the molecule is CC(CN)CC(=O)Nc1ccc(C(=O)NCC(=O)O)cc1. The van der Waals surface area contributed by atoms with Crippen molar-refractivity contribution >= 4 is 23.5 Å². The van der Waals surface area contributed by atoms with Crippen LogP contribution in [-0.4, -0.2) is 36.0 Å². The summed E-state index contributed by atoms with van der Waals surface area (Å²) in [7, 11) is 0. The first kappa shape index (κ1) is 16.6. The van der Waals surface area contributed by atoms with Gasteiger partial charge in [-0.1, -0.05) is 6.92 Å². The molecule has 7 heteroatoms. The lowest BCUT2D eigenvalue weighted by Crippen LogP contribution is -2.29. The van der Waals surface area contributed by atoms with Gasteiger partial charge in [-0.25, -0.2) is 0 Å². The molecule has 114 valence electrons. The highest BCUT2D eigenvalue weighted by molar-refractivity contribution is 5.97. The summed E-state index contributed by atoms with van der Waals surface area (Å²) in [5.74, 6) is -1.63. The van der Waals surface area contributed by atoms with Crippen molar-refractivity contribution < 1.29 is 19.5 Å². The van der Waals surface area contributed by atoms with E-state index in [1.165, 1.54) is 12.1 Å². The molecule has 0 heterocycles. The first-order valence-corrected chi connectivity index (χ1v) is 6.52. The first-order chi connectivity index (χ1) is 9.92. The van der Waals surface area contributed by atoms with Gasteiger partial charge in [-0.2, -0.15) is 0 Å². The second-order valence-corrected chi connectivity index (χ2v) is 4.75. The summed E-state index contributed by atoms with van der Waals surface area (Å²) in [6.07, 6.45) is 0.331. The highest BCUT2D eigenvalue weighted by Crippen LogP contribution is 2.11. The number of carboxylic acid groups (broad SMARTS) is 1. The van der Waals surface area contributed by atoms with E-state index in [0.29, 0.717) is 24.2 Å². The molecule has 0 aromatic heterocycles. The minimum absolute atomic E-state index is 0.103. The lowest BCUT2D eigenvalue weighted by Gasteiger charge is -2.09. The third kappa shape index (κ3) is 6.05. The molecular weight excluding hydrogens is 274 g/mol. The van der Waals surface area contributed by atoms with E-state index < -0.39 is 18.4 Å². The molecule has 21 heavy (non-hydrogen) atoms. The number of aliphatic carboxylic acids is 1. The van der Waals surface area contributed by atoms with E-state index in [-0.39, 0.29) is 11.8 Å². The van der Waals surface area contributed by atoms with Crippen LogP contribution in [0, 0.1) is 5.92 Å². The Kier molecular flexibility index (Phi) is 6.35.